The van der Waals surface area contributed by atoms with E-state index in [-0.39, 0.29) is 48.0 Å². The van der Waals surface area contributed by atoms with Crippen molar-refractivity contribution in [1.82, 2.24) is 0 Å². The highest BCUT2D eigenvalue weighted by atomic mass is 127. The summed E-state index contributed by atoms with van der Waals surface area (Å²) in [6.07, 6.45) is 11.9. The Hall–Kier alpha value is 1.38. The lowest BCUT2D eigenvalue weighted by Crippen LogP contribution is -3.00. The Kier molecular flexibility index (Phi) is 6.89. The predicted molar refractivity (Wildman–Crippen MR) is 102 cm³/mol. The van der Waals surface area contributed by atoms with Gasteiger partial charge >= 0.3 is 0 Å². The van der Waals surface area contributed by atoms with Gasteiger partial charge in [-0.05, 0) is 57.3 Å². The summed E-state index contributed by atoms with van der Waals surface area (Å²) in [7, 11) is 10.1. The summed E-state index contributed by atoms with van der Waals surface area (Å²) in [5, 5.41) is 0. The van der Waals surface area contributed by atoms with Gasteiger partial charge in [0.15, 0.2) is 0 Å². The van der Waals surface area contributed by atoms with E-state index >= 15 is 0 Å². The van der Waals surface area contributed by atoms with Crippen LogP contribution >= 0.6 is 0 Å². The normalized spacial score (nSPS) is 48.7. The Morgan fingerprint density at radius 2 is 1.42 bits per heavy atom. The molecule has 154 valence electrons. The Morgan fingerprint density at radius 1 is 0.731 bits per heavy atom. The van der Waals surface area contributed by atoms with Crippen LogP contribution < -0.4 is 48.0 Å². The topological polar surface area (TPSA) is 0 Å². The van der Waals surface area contributed by atoms with Crippen molar-refractivity contribution in [3.8, 4) is 0 Å². The van der Waals surface area contributed by atoms with Gasteiger partial charge in [0.2, 0.25) is 0 Å². The minimum absolute atomic E-state index is 0. The number of likely N-dealkylation sites (tertiary alicyclic amines) is 2. The fourth-order valence-electron chi connectivity index (χ4n) is 8.50. The quantitative estimate of drug-likeness (QED) is 0.234. The average Bonchev–Trinajstić information content (AvgIpc) is 2.47. The first-order valence-electron chi connectivity index (χ1n) is 10.8. The van der Waals surface area contributed by atoms with Gasteiger partial charge in [-0.1, -0.05) is 6.92 Å². The van der Waals surface area contributed by atoms with Crippen molar-refractivity contribution in [2.24, 2.45) is 23.2 Å². The molecule has 4 heteroatoms. The third kappa shape index (κ3) is 3.23. The van der Waals surface area contributed by atoms with Gasteiger partial charge in [-0.3, -0.25) is 0 Å². The number of rotatable bonds is 0. The van der Waals surface area contributed by atoms with Crippen molar-refractivity contribution in [2.75, 3.05) is 41.3 Å². The monoisotopic (exact) mass is 588 g/mol. The van der Waals surface area contributed by atoms with Crippen molar-refractivity contribution in [2.45, 2.75) is 76.8 Å². The van der Waals surface area contributed by atoms with Gasteiger partial charge in [-0.25, -0.2) is 0 Å². The lowest BCUT2D eigenvalue weighted by molar-refractivity contribution is -0.953. The smallest absolute Gasteiger partial charge is 0.0991 e. The van der Waals surface area contributed by atoms with Gasteiger partial charge in [0.1, 0.15) is 0 Å². The van der Waals surface area contributed by atoms with E-state index in [0.717, 1.165) is 23.8 Å². The van der Waals surface area contributed by atoms with Crippen LogP contribution in [0.15, 0.2) is 0 Å². The van der Waals surface area contributed by atoms with Gasteiger partial charge in [-0.15, -0.1) is 0 Å². The SMILES string of the molecule is CC12CCC[N+](C)(C)C1CCC1C2CCC2(C)C1CCC[N+]2(C)C.[I-].[I-]. The van der Waals surface area contributed by atoms with E-state index < -0.39 is 0 Å². The highest BCUT2D eigenvalue weighted by Crippen LogP contribution is 2.62. The van der Waals surface area contributed by atoms with Crippen LogP contribution in [0.25, 0.3) is 0 Å². The molecule has 0 aromatic heterocycles. The van der Waals surface area contributed by atoms with Crippen LogP contribution in [0.1, 0.15) is 65.2 Å². The molecule has 0 N–H and O–H groups in total. The molecule has 2 saturated heterocycles. The third-order valence-corrected chi connectivity index (χ3v) is 10.1. The highest BCUT2D eigenvalue weighted by Gasteiger charge is 2.64. The molecule has 4 aliphatic rings. The van der Waals surface area contributed by atoms with E-state index in [2.05, 4.69) is 42.0 Å². The first kappa shape index (κ1) is 23.7. The molecule has 6 atom stereocenters. The minimum Gasteiger partial charge on any atom is -1.00 e. The van der Waals surface area contributed by atoms with Crippen LogP contribution in [0.3, 0.4) is 0 Å². The Bertz CT molecular complexity index is 520. The van der Waals surface area contributed by atoms with Crippen LogP contribution in [-0.4, -0.2) is 61.8 Å². The number of quaternary nitrogens is 2. The maximum atomic E-state index is 2.71. The molecule has 2 aliphatic heterocycles. The molecular formula is C22H42I2N2. The molecular weight excluding hydrogens is 546 g/mol. The van der Waals surface area contributed by atoms with Crippen molar-refractivity contribution in [3.05, 3.63) is 0 Å². The summed E-state index contributed by atoms with van der Waals surface area (Å²) in [4.78, 5) is 0. The van der Waals surface area contributed by atoms with Gasteiger partial charge in [-0.2, -0.15) is 0 Å². The number of halogens is 2. The Balaban J connectivity index is 0.00000121. The summed E-state index contributed by atoms with van der Waals surface area (Å²) in [5.74, 6) is 3.00. The summed E-state index contributed by atoms with van der Waals surface area (Å²) in [6, 6.07) is 0.919. The van der Waals surface area contributed by atoms with Crippen molar-refractivity contribution in [3.63, 3.8) is 0 Å². The molecule has 0 bridgehead atoms. The maximum Gasteiger partial charge on any atom is 0.0991 e. The first-order valence-corrected chi connectivity index (χ1v) is 10.8. The van der Waals surface area contributed by atoms with Crippen LogP contribution in [0.5, 0.6) is 0 Å². The van der Waals surface area contributed by atoms with Crippen LogP contribution in [-0.2, 0) is 0 Å². The fourth-order valence-corrected chi connectivity index (χ4v) is 8.50. The number of hydrogen-bond donors (Lipinski definition) is 0. The van der Waals surface area contributed by atoms with Gasteiger partial charge in [0.05, 0.1) is 52.9 Å². The van der Waals surface area contributed by atoms with Gasteiger partial charge in [0.25, 0.3) is 0 Å². The second kappa shape index (κ2) is 7.57. The molecule has 6 unspecified atom stereocenters. The Morgan fingerprint density at radius 3 is 2.12 bits per heavy atom. The molecule has 0 aromatic rings. The van der Waals surface area contributed by atoms with E-state index in [1.807, 2.05) is 0 Å². The molecule has 2 nitrogen and oxygen atoms in total. The van der Waals surface area contributed by atoms with E-state index in [9.17, 15) is 0 Å². The summed E-state index contributed by atoms with van der Waals surface area (Å²) < 4.78 is 2.58. The molecule has 0 spiro atoms. The standard InChI is InChI=1S/C22H42N2.2HI/c1-21-13-8-15-23(3,4)20(21)11-10-17-18(21)12-14-22(2)19(17)9-7-16-24(22,5)6;;/h17-20H,7-16H2,1-6H3;2*1H/q+2;;/p-2. The molecule has 0 amide bonds. The predicted octanol–water partition coefficient (Wildman–Crippen LogP) is -1.70. The number of piperidine rings is 2. The second-order valence-electron chi connectivity index (χ2n) is 11.5. The van der Waals surface area contributed by atoms with E-state index in [4.69, 9.17) is 0 Å². The van der Waals surface area contributed by atoms with Crippen molar-refractivity contribution < 1.29 is 56.9 Å². The van der Waals surface area contributed by atoms with E-state index in [1.165, 1.54) is 73.4 Å². The zero-order valence-corrected chi connectivity index (χ0v) is 22.3. The third-order valence-electron chi connectivity index (χ3n) is 10.1. The van der Waals surface area contributed by atoms with E-state index in [1.54, 1.807) is 0 Å². The number of hydrogen-bond acceptors (Lipinski definition) is 0. The largest absolute Gasteiger partial charge is 1.00 e. The van der Waals surface area contributed by atoms with Crippen LogP contribution in [0.2, 0.25) is 0 Å². The zero-order chi connectivity index (χ0) is 17.4. The average molecular weight is 588 g/mol. The summed E-state index contributed by atoms with van der Waals surface area (Å²) in [6.45, 7) is 8.17. The molecule has 2 aliphatic carbocycles. The molecule has 4 rings (SSSR count). The van der Waals surface area contributed by atoms with E-state index in [0.29, 0.717) is 11.0 Å². The van der Waals surface area contributed by atoms with Crippen molar-refractivity contribution >= 4 is 0 Å². The van der Waals surface area contributed by atoms with Gasteiger partial charge in [0, 0.05) is 24.2 Å². The molecule has 26 heavy (non-hydrogen) atoms. The van der Waals surface area contributed by atoms with Crippen LogP contribution in [0.4, 0.5) is 0 Å². The summed E-state index contributed by atoms with van der Waals surface area (Å²) >= 11 is 0. The molecule has 0 radical (unpaired) electrons. The zero-order valence-electron chi connectivity index (χ0n) is 18.0. The Labute approximate surface area is 197 Å². The first-order chi connectivity index (χ1) is 11.1. The van der Waals surface area contributed by atoms with Gasteiger partial charge < -0.3 is 56.9 Å². The fraction of sp³-hybridized carbons (Fsp3) is 1.00. The molecule has 2 saturated carbocycles. The molecule has 0 aromatic carbocycles. The number of fused-ring (bicyclic) bond motifs is 5. The lowest BCUT2D eigenvalue weighted by atomic mass is 9.47. The second-order valence-corrected chi connectivity index (χ2v) is 11.5. The number of nitrogens with zero attached hydrogens (tertiary/aromatic N) is 2. The maximum absolute atomic E-state index is 2.71. The molecule has 4 fully saturated rings. The minimum atomic E-state index is 0. The summed E-state index contributed by atoms with van der Waals surface area (Å²) in [5.41, 5.74) is 1.16. The van der Waals surface area contributed by atoms with Crippen LogP contribution in [0, 0.1) is 23.2 Å². The highest BCUT2D eigenvalue weighted by molar-refractivity contribution is 5.07. The van der Waals surface area contributed by atoms with Crippen molar-refractivity contribution in [1.29, 1.82) is 0 Å². The molecule has 2 heterocycles. The lowest BCUT2D eigenvalue weighted by Gasteiger charge is -2.66.